The summed E-state index contributed by atoms with van der Waals surface area (Å²) in [5, 5.41) is 2.73. The highest BCUT2D eigenvalue weighted by Crippen LogP contribution is 2.35. The number of carbonyl (C=O) groups is 1. The first-order valence-electron chi connectivity index (χ1n) is 7.98. The second kappa shape index (κ2) is 8.55. The zero-order valence-corrected chi connectivity index (χ0v) is 13.8. The van der Waals surface area contributed by atoms with Gasteiger partial charge in [0.1, 0.15) is 5.75 Å². The minimum atomic E-state index is -4.52. The fourth-order valence-corrected chi connectivity index (χ4v) is 2.39. The van der Waals surface area contributed by atoms with Gasteiger partial charge < -0.3 is 10.1 Å². The number of alkyl halides is 3. The van der Waals surface area contributed by atoms with Crippen LogP contribution in [-0.4, -0.2) is 18.6 Å². The molecule has 0 spiro atoms. The number of aryl methyl sites for hydroxylation is 1. The van der Waals surface area contributed by atoms with Crippen LogP contribution in [0.4, 0.5) is 13.2 Å². The van der Waals surface area contributed by atoms with Crippen LogP contribution in [0, 0.1) is 0 Å². The van der Waals surface area contributed by atoms with Crippen LogP contribution in [0.3, 0.4) is 0 Å². The zero-order chi connectivity index (χ0) is 18.3. The topological polar surface area (TPSA) is 38.3 Å². The maximum Gasteiger partial charge on any atom is 0.419 e. The molecule has 1 unspecified atom stereocenters. The van der Waals surface area contributed by atoms with Crippen LogP contribution in [0.15, 0.2) is 54.6 Å². The van der Waals surface area contributed by atoms with E-state index in [4.69, 9.17) is 4.74 Å². The number of ether oxygens (including phenoxy) is 1. The van der Waals surface area contributed by atoms with Crippen molar-refractivity contribution in [3.63, 3.8) is 0 Å². The normalized spacial score (nSPS) is 12.5. The third-order valence-electron chi connectivity index (χ3n) is 3.67. The van der Waals surface area contributed by atoms with Gasteiger partial charge in [0.25, 0.3) is 5.91 Å². The van der Waals surface area contributed by atoms with E-state index in [2.05, 4.69) is 5.32 Å². The Morgan fingerprint density at radius 3 is 2.40 bits per heavy atom. The van der Waals surface area contributed by atoms with Gasteiger partial charge in [-0.2, -0.15) is 13.2 Å². The lowest BCUT2D eigenvalue weighted by Crippen LogP contribution is -2.36. The van der Waals surface area contributed by atoms with E-state index in [0.717, 1.165) is 18.9 Å². The van der Waals surface area contributed by atoms with E-state index in [1.807, 2.05) is 37.3 Å². The van der Waals surface area contributed by atoms with E-state index in [-0.39, 0.29) is 11.8 Å². The van der Waals surface area contributed by atoms with Gasteiger partial charge >= 0.3 is 6.18 Å². The van der Waals surface area contributed by atoms with Gasteiger partial charge in [-0.15, -0.1) is 0 Å². The first kappa shape index (κ1) is 18.8. The second-order valence-electron chi connectivity index (χ2n) is 5.78. The molecular weight excluding hydrogens is 331 g/mol. The summed E-state index contributed by atoms with van der Waals surface area (Å²) < 4.78 is 43.6. The molecule has 3 nitrogen and oxygen atoms in total. The molecule has 2 aromatic carbocycles. The van der Waals surface area contributed by atoms with Crippen LogP contribution in [0.25, 0.3) is 0 Å². The van der Waals surface area contributed by atoms with E-state index in [9.17, 15) is 18.0 Å². The number of halogens is 3. The fourth-order valence-electron chi connectivity index (χ4n) is 2.39. The molecule has 6 heteroatoms. The molecule has 0 bridgehead atoms. The third kappa shape index (κ3) is 6.14. The van der Waals surface area contributed by atoms with Gasteiger partial charge in [0.15, 0.2) is 6.61 Å². The molecule has 1 N–H and O–H groups in total. The molecule has 2 aromatic rings. The molecule has 0 aliphatic rings. The summed E-state index contributed by atoms with van der Waals surface area (Å²) in [6, 6.07) is 14.6. The van der Waals surface area contributed by atoms with Gasteiger partial charge in [0.2, 0.25) is 0 Å². The molecule has 1 amide bonds. The van der Waals surface area contributed by atoms with Crippen LogP contribution in [0.5, 0.6) is 5.75 Å². The Kier molecular flexibility index (Phi) is 6.44. The maximum atomic E-state index is 12.9. The number of rotatable bonds is 7. The highest BCUT2D eigenvalue weighted by Gasteiger charge is 2.34. The summed E-state index contributed by atoms with van der Waals surface area (Å²) in [5.74, 6) is -0.792. The molecule has 2 rings (SSSR count). The van der Waals surface area contributed by atoms with Crippen molar-refractivity contribution in [3.05, 3.63) is 65.7 Å². The first-order valence-corrected chi connectivity index (χ1v) is 7.98. The summed E-state index contributed by atoms with van der Waals surface area (Å²) in [4.78, 5) is 11.9. The SMILES string of the molecule is CC(CCc1ccccc1)NC(=O)COc1ccccc1C(F)(F)F. The van der Waals surface area contributed by atoms with Crippen LogP contribution in [0.1, 0.15) is 24.5 Å². The van der Waals surface area contributed by atoms with E-state index in [1.165, 1.54) is 23.8 Å². The van der Waals surface area contributed by atoms with Crippen LogP contribution in [-0.2, 0) is 17.4 Å². The smallest absolute Gasteiger partial charge is 0.419 e. The van der Waals surface area contributed by atoms with Crippen molar-refractivity contribution in [1.82, 2.24) is 5.32 Å². The molecule has 25 heavy (non-hydrogen) atoms. The number of nitrogens with one attached hydrogen (secondary N) is 1. The van der Waals surface area contributed by atoms with Gasteiger partial charge in [-0.3, -0.25) is 4.79 Å². The van der Waals surface area contributed by atoms with Crippen molar-refractivity contribution >= 4 is 5.91 Å². The lowest BCUT2D eigenvalue weighted by Gasteiger charge is -2.16. The quantitative estimate of drug-likeness (QED) is 0.811. The van der Waals surface area contributed by atoms with Gasteiger partial charge in [-0.05, 0) is 37.5 Å². The van der Waals surface area contributed by atoms with Crippen molar-refractivity contribution in [2.45, 2.75) is 32.0 Å². The minimum Gasteiger partial charge on any atom is -0.483 e. The first-order chi connectivity index (χ1) is 11.9. The monoisotopic (exact) mass is 351 g/mol. The Labute approximate surface area is 144 Å². The van der Waals surface area contributed by atoms with Crippen molar-refractivity contribution in [2.75, 3.05) is 6.61 Å². The molecule has 134 valence electrons. The van der Waals surface area contributed by atoms with E-state index < -0.39 is 24.3 Å². The molecular formula is C19H20F3NO2. The Balaban J connectivity index is 1.81. The van der Waals surface area contributed by atoms with Crippen LogP contribution >= 0.6 is 0 Å². The molecule has 0 aliphatic carbocycles. The minimum absolute atomic E-state index is 0.103. The zero-order valence-electron chi connectivity index (χ0n) is 13.8. The van der Waals surface area contributed by atoms with E-state index in [1.54, 1.807) is 0 Å². The number of para-hydroxylation sites is 1. The lowest BCUT2D eigenvalue weighted by molar-refractivity contribution is -0.139. The number of carbonyl (C=O) groups excluding carboxylic acids is 1. The second-order valence-corrected chi connectivity index (χ2v) is 5.78. The molecule has 0 fully saturated rings. The third-order valence-corrected chi connectivity index (χ3v) is 3.67. The Morgan fingerprint density at radius 2 is 1.72 bits per heavy atom. The molecule has 0 aromatic heterocycles. The molecule has 0 heterocycles. The number of hydrogen-bond acceptors (Lipinski definition) is 2. The maximum absolute atomic E-state index is 12.9. The molecule has 0 saturated carbocycles. The Bertz CT molecular complexity index is 687. The predicted molar refractivity (Wildman–Crippen MR) is 89.3 cm³/mol. The lowest BCUT2D eigenvalue weighted by atomic mass is 10.1. The number of hydrogen-bond donors (Lipinski definition) is 1. The average Bonchev–Trinajstić information content (AvgIpc) is 2.58. The largest absolute Gasteiger partial charge is 0.483 e. The van der Waals surface area contributed by atoms with E-state index >= 15 is 0 Å². The summed E-state index contributed by atoms with van der Waals surface area (Å²) in [5.41, 5.74) is 0.277. The summed E-state index contributed by atoms with van der Waals surface area (Å²) in [6.07, 6.45) is -2.98. The van der Waals surface area contributed by atoms with Gasteiger partial charge in [-0.25, -0.2) is 0 Å². The summed E-state index contributed by atoms with van der Waals surface area (Å²) >= 11 is 0. The molecule has 1 atom stereocenters. The van der Waals surface area contributed by atoms with Crippen molar-refractivity contribution in [3.8, 4) is 5.75 Å². The Morgan fingerprint density at radius 1 is 1.08 bits per heavy atom. The van der Waals surface area contributed by atoms with Crippen molar-refractivity contribution < 1.29 is 22.7 Å². The highest BCUT2D eigenvalue weighted by atomic mass is 19.4. The molecule has 0 aliphatic heterocycles. The summed E-state index contributed by atoms with van der Waals surface area (Å²) in [7, 11) is 0. The van der Waals surface area contributed by atoms with Gasteiger partial charge in [0, 0.05) is 6.04 Å². The average molecular weight is 351 g/mol. The summed E-state index contributed by atoms with van der Waals surface area (Å²) in [6.45, 7) is 1.40. The Hall–Kier alpha value is -2.50. The fraction of sp³-hybridized carbons (Fsp3) is 0.316. The van der Waals surface area contributed by atoms with Crippen LogP contribution < -0.4 is 10.1 Å². The number of benzene rings is 2. The van der Waals surface area contributed by atoms with Gasteiger partial charge in [0.05, 0.1) is 5.56 Å². The molecule has 0 saturated heterocycles. The van der Waals surface area contributed by atoms with Crippen LogP contribution in [0.2, 0.25) is 0 Å². The van der Waals surface area contributed by atoms with Gasteiger partial charge in [-0.1, -0.05) is 42.5 Å². The van der Waals surface area contributed by atoms with Crippen molar-refractivity contribution in [1.29, 1.82) is 0 Å². The number of amides is 1. The standard InChI is InChI=1S/C19H20F3NO2/c1-14(11-12-15-7-3-2-4-8-15)23-18(24)13-25-17-10-6-5-9-16(17)19(20,21)22/h2-10,14H,11-13H2,1H3,(H,23,24). The highest BCUT2D eigenvalue weighted by molar-refractivity contribution is 5.77. The molecule has 0 radical (unpaired) electrons. The van der Waals surface area contributed by atoms with E-state index in [0.29, 0.717) is 0 Å². The predicted octanol–water partition coefficient (Wildman–Crippen LogP) is 4.22. The van der Waals surface area contributed by atoms with Crippen molar-refractivity contribution in [2.24, 2.45) is 0 Å².